The molecule has 0 aliphatic carbocycles. The summed E-state index contributed by atoms with van der Waals surface area (Å²) < 4.78 is 23.8. The molecule has 0 bridgehead atoms. The average molecular weight is 647 g/mol. The summed E-state index contributed by atoms with van der Waals surface area (Å²) in [6.07, 6.45) is 0. The Hall–Kier alpha value is -4.51. The molecule has 1 unspecified atom stereocenters. The van der Waals surface area contributed by atoms with Crippen molar-refractivity contribution in [2.75, 3.05) is 16.4 Å². The van der Waals surface area contributed by atoms with E-state index in [4.69, 9.17) is 20.1 Å². The van der Waals surface area contributed by atoms with Crippen LogP contribution < -0.4 is 20.7 Å². The molecule has 1 aromatic heterocycles. The fraction of sp³-hybridized carbons (Fsp3) is 0.0333. The van der Waals surface area contributed by atoms with E-state index in [0.717, 1.165) is 21.8 Å². The second kappa shape index (κ2) is 13.9. The van der Waals surface area contributed by atoms with Crippen molar-refractivity contribution in [3.05, 3.63) is 114 Å². The summed E-state index contributed by atoms with van der Waals surface area (Å²) in [5.41, 5.74) is 11.2. The molecule has 0 saturated heterocycles. The van der Waals surface area contributed by atoms with Gasteiger partial charge < -0.3 is 11.1 Å². The number of aromatic nitrogens is 1. The van der Waals surface area contributed by atoms with Gasteiger partial charge in [-0.05, 0) is 30.3 Å². The first-order valence-electron chi connectivity index (χ1n) is 12.5. The number of hydrogen-bond acceptors (Lipinski definition) is 8. The molecule has 0 aliphatic heterocycles. The predicted molar refractivity (Wildman–Crippen MR) is 165 cm³/mol. The van der Waals surface area contributed by atoms with Crippen LogP contribution >= 0.6 is 11.3 Å². The maximum absolute atomic E-state index is 12.4. The molecule has 2 amide bonds. The zero-order valence-electron chi connectivity index (χ0n) is 22.3. The first-order valence-corrected chi connectivity index (χ1v) is 16.7. The van der Waals surface area contributed by atoms with Crippen molar-refractivity contribution in [1.82, 2.24) is 4.98 Å². The number of nitrogens with one attached hydrogen (secondary N) is 2. The van der Waals surface area contributed by atoms with Gasteiger partial charge >= 0.3 is 88.4 Å². The van der Waals surface area contributed by atoms with E-state index in [-0.39, 0.29) is 16.2 Å². The topological polar surface area (TPSA) is 164 Å². The third-order valence-electron chi connectivity index (χ3n) is 5.78. The minimum absolute atomic E-state index is 0.00438. The molecule has 6 N–H and O–H groups in total. The van der Waals surface area contributed by atoms with Gasteiger partial charge in [-0.3, -0.25) is 4.79 Å². The maximum Gasteiger partial charge on any atom is 0.255 e. The molecular formula is C30H27AsN4O6S. The molecule has 0 radical (unpaired) electrons. The third kappa shape index (κ3) is 8.03. The third-order valence-corrected chi connectivity index (χ3v) is 9.13. The Kier molecular flexibility index (Phi) is 10.1. The van der Waals surface area contributed by atoms with Gasteiger partial charge in [0, 0.05) is 22.1 Å². The van der Waals surface area contributed by atoms with Crippen molar-refractivity contribution >= 4 is 58.7 Å². The zero-order valence-corrected chi connectivity index (χ0v) is 25.0. The van der Waals surface area contributed by atoms with Gasteiger partial charge in [-0.1, -0.05) is 48.5 Å². The Morgan fingerprint density at radius 1 is 0.881 bits per heavy atom. The standard InChI is InChI=1S/C22H17N3OS.C8H10AsNO5/c23-18-12-11-17(13-19(18)24-21(26)16-9-5-2-6-10-16)22-25-20(14-27-22)15-7-3-1-4-8-15;1-6(11)10-8-4-2-7(3-5-8)9(12,13)15-14/h1-14H,23H2,(H,24,26);2-5,14H,1H3,(H,10,11)(H,12,13). The van der Waals surface area contributed by atoms with Crippen LogP contribution in [0.4, 0.5) is 17.1 Å². The normalized spacial score (nSPS) is 11.9. The summed E-state index contributed by atoms with van der Waals surface area (Å²) in [5, 5.41) is 16.5. The van der Waals surface area contributed by atoms with Gasteiger partial charge in [0.1, 0.15) is 5.01 Å². The average Bonchev–Trinajstić information content (AvgIpc) is 3.50. The van der Waals surface area contributed by atoms with Gasteiger partial charge in [-0.25, -0.2) is 4.98 Å². The number of hydrogen-bond donors (Lipinski definition) is 5. The molecule has 1 heterocycles. The SMILES string of the molecule is CC(=O)Nc1ccc([As](=O)(O)OO)cc1.Nc1ccc(-c2nc(-c3ccccc3)cs2)cc1NC(=O)c1ccccc1. The van der Waals surface area contributed by atoms with Crippen LogP contribution in [0.2, 0.25) is 0 Å². The van der Waals surface area contributed by atoms with Gasteiger partial charge in [0.05, 0.1) is 17.1 Å². The van der Waals surface area contributed by atoms with Gasteiger partial charge in [0.2, 0.25) is 0 Å². The second-order valence-corrected chi connectivity index (χ2v) is 13.3. The van der Waals surface area contributed by atoms with E-state index in [2.05, 4.69) is 14.5 Å². The quantitative estimate of drug-likeness (QED) is 0.0713. The van der Waals surface area contributed by atoms with E-state index in [1.165, 1.54) is 31.2 Å². The van der Waals surface area contributed by atoms with E-state index in [0.29, 0.717) is 22.6 Å². The number of nitrogens with two attached hydrogens (primary N) is 1. The maximum atomic E-state index is 12.4. The molecule has 0 spiro atoms. The number of benzene rings is 4. The molecule has 4 aromatic carbocycles. The molecule has 0 fully saturated rings. The molecule has 5 rings (SSSR count). The van der Waals surface area contributed by atoms with Crippen LogP contribution in [0.3, 0.4) is 0 Å². The number of thiazole rings is 1. The van der Waals surface area contributed by atoms with Crippen LogP contribution in [0.25, 0.3) is 21.8 Å². The summed E-state index contributed by atoms with van der Waals surface area (Å²) in [7, 11) is 0. The number of anilines is 3. The van der Waals surface area contributed by atoms with Crippen molar-refractivity contribution in [1.29, 1.82) is 0 Å². The van der Waals surface area contributed by atoms with Crippen LogP contribution in [0.1, 0.15) is 17.3 Å². The number of amides is 2. The molecule has 1 atom stereocenters. The van der Waals surface area contributed by atoms with Crippen molar-refractivity contribution < 1.29 is 26.6 Å². The smallest absolute Gasteiger partial charge is 0.255 e. The second-order valence-electron chi connectivity index (χ2n) is 8.86. The Labute approximate surface area is 248 Å². The first-order chi connectivity index (χ1) is 20.2. The Balaban J connectivity index is 0.000000230. The summed E-state index contributed by atoms with van der Waals surface area (Å²) in [6.45, 7) is 1.35. The Bertz CT molecular complexity index is 1710. The van der Waals surface area contributed by atoms with E-state index in [1.807, 2.05) is 66.0 Å². The number of nitrogens with zero attached hydrogens (tertiary/aromatic N) is 1. The van der Waals surface area contributed by atoms with Gasteiger partial charge in [-0.2, -0.15) is 0 Å². The minimum Gasteiger partial charge on any atom is -0.397 e. The predicted octanol–water partition coefficient (Wildman–Crippen LogP) is 5.01. The van der Waals surface area contributed by atoms with Crippen LogP contribution in [0, 0.1) is 0 Å². The Morgan fingerprint density at radius 2 is 1.52 bits per heavy atom. The summed E-state index contributed by atoms with van der Waals surface area (Å²) in [6, 6.07) is 30.2. The van der Waals surface area contributed by atoms with Gasteiger partial charge in [0.25, 0.3) is 5.91 Å². The van der Waals surface area contributed by atoms with Gasteiger partial charge in [-0.15, -0.1) is 11.3 Å². The molecule has 0 aliphatic rings. The summed E-state index contributed by atoms with van der Waals surface area (Å²) in [5.74, 6) is -0.428. The van der Waals surface area contributed by atoms with E-state index in [1.54, 1.807) is 29.5 Å². The molecular weight excluding hydrogens is 619 g/mol. The van der Waals surface area contributed by atoms with Gasteiger partial charge in [0.15, 0.2) is 0 Å². The summed E-state index contributed by atoms with van der Waals surface area (Å²) >= 11 is -3.20. The van der Waals surface area contributed by atoms with Crippen molar-refractivity contribution in [3.8, 4) is 21.8 Å². The van der Waals surface area contributed by atoms with E-state index >= 15 is 0 Å². The van der Waals surface area contributed by atoms with E-state index in [9.17, 15) is 13.3 Å². The molecule has 5 aromatic rings. The van der Waals surface area contributed by atoms with Crippen LogP contribution in [0.15, 0.2) is 109 Å². The van der Waals surface area contributed by atoms with E-state index < -0.39 is 14.2 Å². The van der Waals surface area contributed by atoms with Crippen LogP contribution in [-0.4, -0.2) is 40.3 Å². The Morgan fingerprint density at radius 3 is 2.14 bits per heavy atom. The van der Waals surface area contributed by atoms with Crippen molar-refractivity contribution in [2.45, 2.75) is 6.92 Å². The monoisotopic (exact) mass is 646 g/mol. The number of carbonyl (C=O) groups is 2. The zero-order chi connectivity index (χ0) is 30.1. The van der Waals surface area contributed by atoms with Crippen molar-refractivity contribution in [3.63, 3.8) is 0 Å². The molecule has 10 nitrogen and oxygen atoms in total. The molecule has 42 heavy (non-hydrogen) atoms. The molecule has 0 saturated carbocycles. The number of rotatable bonds is 7. The van der Waals surface area contributed by atoms with Crippen molar-refractivity contribution in [2.24, 2.45) is 0 Å². The fourth-order valence-corrected chi connectivity index (χ4v) is 5.84. The first kappa shape index (κ1) is 30.4. The molecule has 214 valence electrons. The van der Waals surface area contributed by atoms with Crippen LogP contribution in [0.5, 0.6) is 0 Å². The van der Waals surface area contributed by atoms with Crippen LogP contribution in [-0.2, 0) is 12.4 Å². The molecule has 12 heteroatoms. The largest absolute Gasteiger partial charge is 0.397 e. The summed E-state index contributed by atoms with van der Waals surface area (Å²) in [4.78, 5) is 27.8. The minimum atomic E-state index is -4.76. The number of nitrogen functional groups attached to an aromatic ring is 1. The fourth-order valence-electron chi connectivity index (χ4n) is 3.71. The number of carbonyl (C=O) groups excluding carboxylic acids is 2.